The summed E-state index contributed by atoms with van der Waals surface area (Å²) >= 11 is 0. The fourth-order valence-electron chi connectivity index (χ4n) is 2.24. The Morgan fingerprint density at radius 3 is 2.76 bits per heavy atom. The third-order valence-electron chi connectivity index (χ3n) is 3.38. The predicted molar refractivity (Wildman–Crippen MR) is 81.5 cm³/mol. The number of unbranched alkanes of at least 4 members (excludes halogenated alkanes) is 2. The summed E-state index contributed by atoms with van der Waals surface area (Å²) in [6.45, 7) is 2.57. The molecule has 0 aliphatic heterocycles. The summed E-state index contributed by atoms with van der Waals surface area (Å²) in [5.74, 6) is -0.894. The van der Waals surface area contributed by atoms with Gasteiger partial charge in [0.2, 0.25) is 0 Å². The highest BCUT2D eigenvalue weighted by molar-refractivity contribution is 5.98. The SMILES string of the molecule is Cc1ccc2cc(C(=O)NCCCCCC(=O)O)[nH]c2c1. The van der Waals surface area contributed by atoms with Crippen molar-refractivity contribution >= 4 is 22.8 Å². The van der Waals surface area contributed by atoms with Gasteiger partial charge in [0.1, 0.15) is 5.69 Å². The van der Waals surface area contributed by atoms with Crippen molar-refractivity contribution in [1.82, 2.24) is 10.3 Å². The summed E-state index contributed by atoms with van der Waals surface area (Å²) < 4.78 is 0. The van der Waals surface area contributed by atoms with Crippen molar-refractivity contribution in [3.63, 3.8) is 0 Å². The second-order valence-electron chi connectivity index (χ2n) is 5.23. The average molecular weight is 288 g/mol. The molecule has 2 aromatic rings. The average Bonchev–Trinajstić information content (AvgIpc) is 2.85. The molecule has 0 fully saturated rings. The lowest BCUT2D eigenvalue weighted by molar-refractivity contribution is -0.137. The number of hydrogen-bond acceptors (Lipinski definition) is 2. The number of nitrogens with one attached hydrogen (secondary N) is 2. The van der Waals surface area contributed by atoms with E-state index in [0.717, 1.165) is 29.3 Å². The molecule has 2 rings (SSSR count). The van der Waals surface area contributed by atoms with E-state index >= 15 is 0 Å². The van der Waals surface area contributed by atoms with Gasteiger partial charge in [-0.15, -0.1) is 0 Å². The maximum absolute atomic E-state index is 12.0. The number of hydrogen-bond donors (Lipinski definition) is 3. The lowest BCUT2D eigenvalue weighted by atomic mass is 10.2. The molecule has 1 heterocycles. The zero-order valence-electron chi connectivity index (χ0n) is 12.1. The number of carboxylic acids is 1. The van der Waals surface area contributed by atoms with Crippen LogP contribution in [0, 0.1) is 6.92 Å². The van der Waals surface area contributed by atoms with Crippen LogP contribution < -0.4 is 5.32 Å². The molecule has 0 bridgehead atoms. The van der Waals surface area contributed by atoms with Gasteiger partial charge in [-0.05, 0) is 37.5 Å². The number of carbonyl (C=O) groups is 2. The Labute approximate surface area is 123 Å². The van der Waals surface area contributed by atoms with Crippen LogP contribution in [0.5, 0.6) is 0 Å². The van der Waals surface area contributed by atoms with Crippen LogP contribution in [0.15, 0.2) is 24.3 Å². The number of amides is 1. The van der Waals surface area contributed by atoms with Crippen LogP contribution >= 0.6 is 0 Å². The molecular weight excluding hydrogens is 268 g/mol. The molecule has 0 saturated carbocycles. The molecule has 0 radical (unpaired) electrons. The molecule has 1 aromatic heterocycles. The van der Waals surface area contributed by atoms with Crippen molar-refractivity contribution in [2.45, 2.75) is 32.6 Å². The quantitative estimate of drug-likeness (QED) is 0.685. The van der Waals surface area contributed by atoms with Gasteiger partial charge in [-0.2, -0.15) is 0 Å². The fraction of sp³-hybridized carbons (Fsp3) is 0.375. The second-order valence-corrected chi connectivity index (χ2v) is 5.23. The smallest absolute Gasteiger partial charge is 0.303 e. The van der Waals surface area contributed by atoms with Crippen molar-refractivity contribution in [1.29, 1.82) is 0 Å². The van der Waals surface area contributed by atoms with E-state index in [1.54, 1.807) is 0 Å². The lowest BCUT2D eigenvalue weighted by Gasteiger charge is -2.03. The minimum absolute atomic E-state index is 0.123. The van der Waals surface area contributed by atoms with E-state index in [9.17, 15) is 9.59 Å². The molecule has 1 aromatic carbocycles. The predicted octanol–water partition coefficient (Wildman–Crippen LogP) is 2.85. The first-order chi connectivity index (χ1) is 10.1. The monoisotopic (exact) mass is 288 g/mol. The number of fused-ring (bicyclic) bond motifs is 1. The van der Waals surface area contributed by atoms with Gasteiger partial charge in [-0.3, -0.25) is 9.59 Å². The van der Waals surface area contributed by atoms with Crippen LogP contribution in [0.1, 0.15) is 41.7 Å². The van der Waals surface area contributed by atoms with Gasteiger partial charge in [0.25, 0.3) is 5.91 Å². The molecule has 112 valence electrons. The van der Waals surface area contributed by atoms with Gasteiger partial charge in [-0.1, -0.05) is 18.6 Å². The Kier molecular flexibility index (Phi) is 4.98. The van der Waals surface area contributed by atoms with Gasteiger partial charge in [-0.25, -0.2) is 0 Å². The zero-order chi connectivity index (χ0) is 15.2. The molecule has 0 saturated heterocycles. The molecule has 21 heavy (non-hydrogen) atoms. The normalized spacial score (nSPS) is 10.7. The van der Waals surface area contributed by atoms with E-state index in [-0.39, 0.29) is 12.3 Å². The van der Waals surface area contributed by atoms with E-state index in [4.69, 9.17) is 5.11 Å². The zero-order valence-corrected chi connectivity index (χ0v) is 12.1. The molecule has 0 aliphatic rings. The summed E-state index contributed by atoms with van der Waals surface area (Å²) in [7, 11) is 0. The second kappa shape index (κ2) is 6.92. The first kappa shape index (κ1) is 15.1. The van der Waals surface area contributed by atoms with E-state index in [0.29, 0.717) is 18.7 Å². The number of carboxylic acid groups (broad SMARTS) is 1. The van der Waals surface area contributed by atoms with Gasteiger partial charge in [0, 0.05) is 23.9 Å². The van der Waals surface area contributed by atoms with E-state index < -0.39 is 5.97 Å². The van der Waals surface area contributed by atoms with Crippen LogP contribution in [0.3, 0.4) is 0 Å². The van der Waals surface area contributed by atoms with Crippen LogP contribution in [0.25, 0.3) is 10.9 Å². The van der Waals surface area contributed by atoms with Crippen molar-refractivity contribution in [3.05, 3.63) is 35.5 Å². The topological polar surface area (TPSA) is 82.2 Å². The number of carbonyl (C=O) groups excluding carboxylic acids is 1. The van der Waals surface area contributed by atoms with Crippen molar-refractivity contribution in [2.24, 2.45) is 0 Å². The van der Waals surface area contributed by atoms with Crippen molar-refractivity contribution in [2.75, 3.05) is 6.54 Å². The Morgan fingerprint density at radius 2 is 2.00 bits per heavy atom. The number of aromatic nitrogens is 1. The summed E-state index contributed by atoms with van der Waals surface area (Å²) in [5, 5.41) is 12.4. The van der Waals surface area contributed by atoms with Crippen LogP contribution in [-0.4, -0.2) is 28.5 Å². The Balaban J connectivity index is 1.81. The molecule has 5 heteroatoms. The Morgan fingerprint density at radius 1 is 1.19 bits per heavy atom. The first-order valence-electron chi connectivity index (χ1n) is 7.15. The molecule has 3 N–H and O–H groups in total. The summed E-state index contributed by atoms with van der Waals surface area (Å²) in [6, 6.07) is 7.86. The van der Waals surface area contributed by atoms with Crippen LogP contribution in [-0.2, 0) is 4.79 Å². The van der Waals surface area contributed by atoms with Crippen LogP contribution in [0.4, 0.5) is 0 Å². The van der Waals surface area contributed by atoms with Crippen molar-refractivity contribution in [3.8, 4) is 0 Å². The molecular formula is C16H20N2O3. The number of H-pyrrole nitrogens is 1. The highest BCUT2D eigenvalue weighted by Crippen LogP contribution is 2.16. The maximum atomic E-state index is 12.0. The fourth-order valence-corrected chi connectivity index (χ4v) is 2.24. The largest absolute Gasteiger partial charge is 0.481 e. The van der Waals surface area contributed by atoms with E-state index in [1.165, 1.54) is 0 Å². The number of aromatic amines is 1. The third kappa shape index (κ3) is 4.34. The van der Waals surface area contributed by atoms with Crippen molar-refractivity contribution < 1.29 is 14.7 Å². The lowest BCUT2D eigenvalue weighted by Crippen LogP contribution is -2.24. The molecule has 5 nitrogen and oxygen atoms in total. The minimum atomic E-state index is -0.771. The van der Waals surface area contributed by atoms with Gasteiger partial charge < -0.3 is 15.4 Å². The number of benzene rings is 1. The van der Waals surface area contributed by atoms with Gasteiger partial charge in [0.05, 0.1) is 0 Å². The third-order valence-corrected chi connectivity index (χ3v) is 3.38. The molecule has 0 atom stereocenters. The highest BCUT2D eigenvalue weighted by atomic mass is 16.4. The van der Waals surface area contributed by atoms with E-state index in [1.807, 2.05) is 31.2 Å². The Hall–Kier alpha value is -2.30. The molecule has 0 unspecified atom stereocenters. The number of aliphatic carboxylic acids is 1. The molecule has 1 amide bonds. The number of rotatable bonds is 7. The maximum Gasteiger partial charge on any atom is 0.303 e. The summed E-state index contributed by atoms with van der Waals surface area (Å²) in [4.78, 5) is 25.5. The minimum Gasteiger partial charge on any atom is -0.481 e. The Bertz CT molecular complexity index is 646. The summed E-state index contributed by atoms with van der Waals surface area (Å²) in [5.41, 5.74) is 2.66. The molecule has 0 spiro atoms. The standard InChI is InChI=1S/C16H20N2O3/c1-11-6-7-12-10-14(18-13(12)9-11)16(21)17-8-4-2-3-5-15(19)20/h6-7,9-10,18H,2-5,8H2,1H3,(H,17,21)(H,19,20). The van der Waals surface area contributed by atoms with Crippen LogP contribution in [0.2, 0.25) is 0 Å². The van der Waals surface area contributed by atoms with E-state index in [2.05, 4.69) is 10.3 Å². The first-order valence-corrected chi connectivity index (χ1v) is 7.15. The molecule has 0 aliphatic carbocycles. The summed E-state index contributed by atoms with van der Waals surface area (Å²) in [6.07, 6.45) is 2.43. The van der Waals surface area contributed by atoms with Gasteiger partial charge >= 0.3 is 5.97 Å². The number of aryl methyl sites for hydroxylation is 1. The highest BCUT2D eigenvalue weighted by Gasteiger charge is 2.08. The van der Waals surface area contributed by atoms with Gasteiger partial charge in [0.15, 0.2) is 0 Å².